The Labute approximate surface area is 232 Å². The molecule has 0 saturated carbocycles. The lowest BCUT2D eigenvalue weighted by molar-refractivity contribution is -0.144. The number of aromatic nitrogens is 1. The number of ether oxygens (including phenoxy) is 2. The van der Waals surface area contributed by atoms with E-state index >= 15 is 0 Å². The highest BCUT2D eigenvalue weighted by molar-refractivity contribution is 5.93. The Hall–Kier alpha value is -4.99. The van der Waals surface area contributed by atoms with Crippen LogP contribution in [0.15, 0.2) is 76.2 Å². The minimum Gasteiger partial charge on any atom is -0.486 e. The molecular formula is C30H32N4O6. The summed E-state index contributed by atoms with van der Waals surface area (Å²) in [6.45, 7) is 5.71. The van der Waals surface area contributed by atoms with Crippen molar-refractivity contribution in [3.05, 3.63) is 95.2 Å². The molecule has 40 heavy (non-hydrogen) atoms. The first-order valence-corrected chi connectivity index (χ1v) is 12.6. The van der Waals surface area contributed by atoms with Crippen LogP contribution in [0, 0.1) is 13.8 Å². The summed E-state index contributed by atoms with van der Waals surface area (Å²) in [7, 11) is 3.72. The largest absolute Gasteiger partial charge is 0.486 e. The average molecular weight is 545 g/mol. The summed E-state index contributed by atoms with van der Waals surface area (Å²) in [6.07, 6.45) is 0.322. The van der Waals surface area contributed by atoms with Crippen molar-refractivity contribution >= 4 is 23.8 Å². The van der Waals surface area contributed by atoms with E-state index in [1.807, 2.05) is 49.3 Å². The van der Waals surface area contributed by atoms with Crippen molar-refractivity contribution < 1.29 is 28.6 Å². The summed E-state index contributed by atoms with van der Waals surface area (Å²) >= 11 is 0. The highest BCUT2D eigenvalue weighted by atomic mass is 16.5. The number of carboxylic acid groups (broad SMARTS) is 1. The number of aryl methyl sites for hydroxylation is 2. The monoisotopic (exact) mass is 544 g/mol. The number of nitrogens with zero attached hydrogens (tertiary/aromatic N) is 3. The second-order valence-corrected chi connectivity index (χ2v) is 9.41. The van der Waals surface area contributed by atoms with Crippen LogP contribution < -0.4 is 19.8 Å². The normalized spacial score (nSPS) is 11.8. The predicted octanol–water partition coefficient (Wildman–Crippen LogP) is 4.95. The van der Waals surface area contributed by atoms with E-state index in [1.165, 1.54) is 13.1 Å². The number of anilines is 1. The number of nitrogens with one attached hydrogen (secondary N) is 1. The summed E-state index contributed by atoms with van der Waals surface area (Å²) in [5.41, 5.74) is 7.09. The molecule has 0 aliphatic heterocycles. The number of hydrogen-bond acceptors (Lipinski definition) is 7. The molecule has 1 amide bonds. The van der Waals surface area contributed by atoms with Gasteiger partial charge in [-0.25, -0.2) is 10.2 Å². The van der Waals surface area contributed by atoms with E-state index in [2.05, 4.69) is 41.1 Å². The van der Waals surface area contributed by atoms with Gasteiger partial charge in [0, 0.05) is 48.5 Å². The lowest BCUT2D eigenvalue weighted by Gasteiger charge is -2.17. The van der Waals surface area contributed by atoms with E-state index in [0.29, 0.717) is 22.8 Å². The molecule has 0 spiro atoms. The molecule has 2 aromatic heterocycles. The molecule has 2 heterocycles. The molecule has 0 aliphatic rings. The topological polar surface area (TPSA) is 119 Å². The van der Waals surface area contributed by atoms with Crippen molar-refractivity contribution in [2.75, 3.05) is 19.0 Å². The summed E-state index contributed by atoms with van der Waals surface area (Å²) < 4.78 is 19.2. The van der Waals surface area contributed by atoms with Crippen LogP contribution in [0.3, 0.4) is 0 Å². The maximum atomic E-state index is 12.5. The van der Waals surface area contributed by atoms with Gasteiger partial charge in [-0.05, 0) is 81.4 Å². The van der Waals surface area contributed by atoms with Gasteiger partial charge in [0.15, 0.2) is 11.9 Å². The van der Waals surface area contributed by atoms with Crippen molar-refractivity contribution in [1.82, 2.24) is 9.99 Å². The number of hydrogen-bond donors (Lipinski definition) is 2. The third kappa shape index (κ3) is 6.71. The lowest BCUT2D eigenvalue weighted by Crippen LogP contribution is -2.23. The number of aliphatic carboxylic acids is 1. The summed E-state index contributed by atoms with van der Waals surface area (Å²) in [6, 6.07) is 20.4. The third-order valence-corrected chi connectivity index (χ3v) is 6.17. The van der Waals surface area contributed by atoms with Gasteiger partial charge in [0.2, 0.25) is 0 Å². The second-order valence-electron chi connectivity index (χ2n) is 9.41. The molecule has 2 N–H and O–H groups in total. The molecule has 0 fully saturated rings. The first kappa shape index (κ1) is 28.0. The molecule has 10 nitrogen and oxygen atoms in total. The van der Waals surface area contributed by atoms with E-state index in [1.54, 1.807) is 24.3 Å². The number of carbonyl (C=O) groups excluding carboxylic acids is 1. The second kappa shape index (κ2) is 12.2. The van der Waals surface area contributed by atoms with Crippen molar-refractivity contribution in [3.8, 4) is 17.2 Å². The van der Waals surface area contributed by atoms with E-state index in [4.69, 9.17) is 13.9 Å². The summed E-state index contributed by atoms with van der Waals surface area (Å²) in [4.78, 5) is 25.7. The molecule has 0 bridgehead atoms. The minimum absolute atomic E-state index is 0.0728. The molecule has 2 aromatic carbocycles. The molecule has 10 heteroatoms. The van der Waals surface area contributed by atoms with Gasteiger partial charge < -0.3 is 28.5 Å². The van der Waals surface area contributed by atoms with Gasteiger partial charge in [0.25, 0.3) is 0 Å². The highest BCUT2D eigenvalue weighted by Gasteiger charge is 2.16. The number of rotatable bonds is 11. The van der Waals surface area contributed by atoms with Crippen LogP contribution in [-0.4, -0.2) is 48.0 Å². The Morgan fingerprint density at radius 2 is 1.75 bits per heavy atom. The quantitative estimate of drug-likeness (QED) is 0.203. The van der Waals surface area contributed by atoms with Gasteiger partial charge in [-0.2, -0.15) is 5.10 Å². The Kier molecular flexibility index (Phi) is 8.58. The van der Waals surface area contributed by atoms with Crippen LogP contribution in [0.2, 0.25) is 0 Å². The summed E-state index contributed by atoms with van der Waals surface area (Å²) in [5, 5.41) is 13.2. The molecule has 208 valence electrons. The van der Waals surface area contributed by atoms with Gasteiger partial charge in [-0.1, -0.05) is 0 Å². The predicted molar refractivity (Wildman–Crippen MR) is 152 cm³/mol. The Morgan fingerprint density at radius 3 is 2.40 bits per heavy atom. The maximum absolute atomic E-state index is 12.5. The van der Waals surface area contributed by atoms with Crippen LogP contribution in [-0.2, 0) is 11.4 Å². The zero-order valence-electron chi connectivity index (χ0n) is 23.0. The van der Waals surface area contributed by atoms with Crippen molar-refractivity contribution in [3.63, 3.8) is 0 Å². The maximum Gasteiger partial charge on any atom is 0.344 e. The van der Waals surface area contributed by atoms with Crippen molar-refractivity contribution in [2.24, 2.45) is 5.10 Å². The molecule has 0 unspecified atom stereocenters. The smallest absolute Gasteiger partial charge is 0.344 e. The SMILES string of the molecule is Cc1ccc(C)n1-c1ccc(OCc2ccc(C(=O)N/N=C/c3ccc(N(C)C)cc3O[C@H](C)C(=O)O)o2)cc1. The van der Waals surface area contributed by atoms with Crippen LogP contribution in [0.5, 0.6) is 11.5 Å². The van der Waals surface area contributed by atoms with Gasteiger partial charge in [-0.15, -0.1) is 0 Å². The van der Waals surface area contributed by atoms with Crippen molar-refractivity contribution in [2.45, 2.75) is 33.5 Å². The molecule has 4 aromatic rings. The first-order valence-electron chi connectivity index (χ1n) is 12.6. The van der Waals surface area contributed by atoms with Crippen LogP contribution in [0.25, 0.3) is 5.69 Å². The minimum atomic E-state index is -1.09. The van der Waals surface area contributed by atoms with Crippen molar-refractivity contribution in [1.29, 1.82) is 0 Å². The fraction of sp³-hybridized carbons (Fsp3) is 0.233. The number of carboxylic acids is 1. The molecule has 1 atom stereocenters. The third-order valence-electron chi connectivity index (χ3n) is 6.17. The summed E-state index contributed by atoms with van der Waals surface area (Å²) in [5.74, 6) is -0.0906. The fourth-order valence-electron chi connectivity index (χ4n) is 3.97. The number of amides is 1. The number of hydrazone groups is 1. The molecule has 0 saturated heterocycles. The average Bonchev–Trinajstić information content (AvgIpc) is 3.54. The van der Waals surface area contributed by atoms with Gasteiger partial charge in [-0.3, -0.25) is 4.79 Å². The standard InChI is InChI=1S/C30H32N4O6/c1-19-6-7-20(2)34(19)23-10-12-25(13-11-23)38-18-26-14-15-27(40-26)29(35)32-31-17-22-8-9-24(33(4)5)16-28(22)39-21(3)30(36)37/h6-17,21H,18H2,1-5H3,(H,32,35)(H,36,37)/b31-17+/t21-/m1/s1. The Bertz CT molecular complexity index is 1500. The van der Waals surface area contributed by atoms with Crippen LogP contribution in [0.4, 0.5) is 5.69 Å². The number of carbonyl (C=O) groups is 2. The van der Waals surface area contributed by atoms with E-state index in [0.717, 1.165) is 22.8 Å². The zero-order valence-corrected chi connectivity index (χ0v) is 23.0. The van der Waals surface area contributed by atoms with Gasteiger partial charge in [0.1, 0.15) is 23.9 Å². The number of benzene rings is 2. The van der Waals surface area contributed by atoms with Crippen LogP contribution in [0.1, 0.15) is 40.2 Å². The molecule has 0 radical (unpaired) electrons. The lowest BCUT2D eigenvalue weighted by atomic mass is 10.2. The Balaban J connectivity index is 1.35. The number of furan rings is 1. The molecule has 0 aliphatic carbocycles. The molecular weight excluding hydrogens is 512 g/mol. The fourth-order valence-corrected chi connectivity index (χ4v) is 3.97. The van der Waals surface area contributed by atoms with Crippen LogP contribution >= 0.6 is 0 Å². The highest BCUT2D eigenvalue weighted by Crippen LogP contribution is 2.25. The first-order chi connectivity index (χ1) is 19.1. The Morgan fingerprint density at radius 1 is 1.05 bits per heavy atom. The van der Waals surface area contributed by atoms with E-state index in [-0.39, 0.29) is 12.4 Å². The molecule has 4 rings (SSSR count). The van der Waals surface area contributed by atoms with Gasteiger partial charge in [0.05, 0.1) is 6.21 Å². The van der Waals surface area contributed by atoms with E-state index < -0.39 is 18.0 Å². The van der Waals surface area contributed by atoms with E-state index in [9.17, 15) is 14.7 Å². The zero-order chi connectivity index (χ0) is 28.8. The van der Waals surface area contributed by atoms with Gasteiger partial charge >= 0.3 is 11.9 Å².